The van der Waals surface area contributed by atoms with Crippen LogP contribution in [0, 0.1) is 0 Å². The highest BCUT2D eigenvalue weighted by molar-refractivity contribution is 5.93. The van der Waals surface area contributed by atoms with Crippen molar-refractivity contribution in [2.45, 2.75) is 25.4 Å². The molecule has 0 bridgehead atoms. The van der Waals surface area contributed by atoms with Crippen LogP contribution >= 0.6 is 0 Å². The molecule has 84 valence electrons. The molecule has 5 nitrogen and oxygen atoms in total. The monoisotopic (exact) mass is 212 g/mol. The second-order valence-electron chi connectivity index (χ2n) is 4.08. The van der Waals surface area contributed by atoms with Crippen LogP contribution in [0.5, 0.6) is 0 Å². The lowest BCUT2D eigenvalue weighted by Crippen LogP contribution is -2.75. The molecule has 0 radical (unpaired) electrons. The minimum absolute atomic E-state index is 0.290. The molecule has 0 saturated carbocycles. The fourth-order valence-electron chi connectivity index (χ4n) is 1.57. The zero-order valence-corrected chi connectivity index (χ0v) is 8.99. The predicted molar refractivity (Wildman–Crippen MR) is 55.4 cm³/mol. The molecule has 0 unspecified atom stereocenters. The third-order valence-electron chi connectivity index (χ3n) is 2.63. The summed E-state index contributed by atoms with van der Waals surface area (Å²) in [4.78, 5) is 24.1. The van der Waals surface area contributed by atoms with E-state index in [1.54, 1.807) is 0 Å². The van der Waals surface area contributed by atoms with Crippen molar-refractivity contribution in [1.82, 2.24) is 10.2 Å². The minimum atomic E-state index is -1.13. The first-order valence-corrected chi connectivity index (χ1v) is 4.83. The smallest absolute Gasteiger partial charge is 0.332 e. The zero-order chi connectivity index (χ0) is 11.6. The van der Waals surface area contributed by atoms with Crippen LogP contribution < -0.4 is 5.32 Å². The van der Waals surface area contributed by atoms with Gasteiger partial charge in [-0.2, -0.15) is 0 Å². The highest BCUT2D eigenvalue weighted by atomic mass is 16.4. The van der Waals surface area contributed by atoms with Gasteiger partial charge in [0.2, 0.25) is 5.91 Å². The number of aliphatic carboxylic acids is 1. The quantitative estimate of drug-likeness (QED) is 0.635. The summed E-state index contributed by atoms with van der Waals surface area (Å²) in [6.07, 6.45) is 1.09. The van der Waals surface area contributed by atoms with Gasteiger partial charge in [-0.05, 0) is 19.9 Å². The van der Waals surface area contributed by atoms with Gasteiger partial charge in [-0.1, -0.05) is 6.58 Å². The SMILES string of the molecule is C=CC(=O)NC1(C(=O)O)CN(C(C)C)C1. The maximum atomic E-state index is 11.1. The first kappa shape index (κ1) is 11.7. The summed E-state index contributed by atoms with van der Waals surface area (Å²) in [6, 6.07) is 0.290. The summed E-state index contributed by atoms with van der Waals surface area (Å²) < 4.78 is 0. The number of nitrogens with zero attached hydrogens (tertiary/aromatic N) is 1. The number of rotatable bonds is 4. The van der Waals surface area contributed by atoms with Crippen molar-refractivity contribution in [2.75, 3.05) is 13.1 Å². The van der Waals surface area contributed by atoms with Gasteiger partial charge in [0, 0.05) is 19.1 Å². The minimum Gasteiger partial charge on any atom is -0.479 e. The van der Waals surface area contributed by atoms with Gasteiger partial charge in [0.1, 0.15) is 0 Å². The van der Waals surface area contributed by atoms with Gasteiger partial charge in [0.05, 0.1) is 0 Å². The lowest BCUT2D eigenvalue weighted by Gasteiger charge is -2.49. The van der Waals surface area contributed by atoms with Gasteiger partial charge in [-0.3, -0.25) is 9.69 Å². The van der Waals surface area contributed by atoms with Gasteiger partial charge in [-0.25, -0.2) is 4.79 Å². The summed E-state index contributed by atoms with van der Waals surface area (Å²) in [5.41, 5.74) is -1.13. The van der Waals surface area contributed by atoms with Crippen LogP contribution in [0.3, 0.4) is 0 Å². The van der Waals surface area contributed by atoms with Crippen molar-refractivity contribution in [1.29, 1.82) is 0 Å². The molecule has 0 aromatic heterocycles. The van der Waals surface area contributed by atoms with Gasteiger partial charge in [0.15, 0.2) is 5.54 Å². The van der Waals surface area contributed by atoms with E-state index in [1.807, 2.05) is 18.7 Å². The highest BCUT2D eigenvalue weighted by Crippen LogP contribution is 2.23. The lowest BCUT2D eigenvalue weighted by molar-refractivity contribution is -0.156. The Bertz CT molecular complexity index is 293. The second kappa shape index (κ2) is 4.02. The molecule has 1 heterocycles. The molecule has 1 aliphatic rings. The normalized spacial score (nSPS) is 19.4. The number of hydrogen-bond acceptors (Lipinski definition) is 3. The fraction of sp³-hybridized carbons (Fsp3) is 0.600. The molecular weight excluding hydrogens is 196 g/mol. The number of nitrogens with one attached hydrogen (secondary N) is 1. The first-order chi connectivity index (χ1) is 6.91. The molecule has 0 atom stereocenters. The maximum absolute atomic E-state index is 11.1. The molecule has 1 fully saturated rings. The summed E-state index contributed by atoms with van der Waals surface area (Å²) in [6.45, 7) is 7.97. The maximum Gasteiger partial charge on any atom is 0.332 e. The Morgan fingerprint density at radius 2 is 2.07 bits per heavy atom. The van der Waals surface area contributed by atoms with Crippen molar-refractivity contribution in [2.24, 2.45) is 0 Å². The first-order valence-electron chi connectivity index (χ1n) is 4.83. The van der Waals surface area contributed by atoms with E-state index in [-0.39, 0.29) is 6.04 Å². The van der Waals surface area contributed by atoms with E-state index in [4.69, 9.17) is 5.11 Å². The Hall–Kier alpha value is -1.36. The molecule has 0 aliphatic carbocycles. The van der Waals surface area contributed by atoms with E-state index < -0.39 is 17.4 Å². The Morgan fingerprint density at radius 3 is 2.40 bits per heavy atom. The van der Waals surface area contributed by atoms with Gasteiger partial charge < -0.3 is 10.4 Å². The summed E-state index contributed by atoms with van der Waals surface area (Å²) >= 11 is 0. The van der Waals surface area contributed by atoms with Crippen molar-refractivity contribution in [3.8, 4) is 0 Å². The standard InChI is InChI=1S/C10H16N2O3/c1-4-8(13)11-10(9(14)15)5-12(6-10)7(2)3/h4,7H,1,5-6H2,2-3H3,(H,11,13)(H,14,15). The molecule has 0 aromatic rings. The molecule has 1 aliphatic heterocycles. The Kier molecular flexibility index (Phi) is 3.14. The van der Waals surface area contributed by atoms with Gasteiger partial charge >= 0.3 is 5.97 Å². The van der Waals surface area contributed by atoms with Gasteiger partial charge in [0.25, 0.3) is 0 Å². The number of likely N-dealkylation sites (tertiary alicyclic amines) is 1. The Labute approximate surface area is 88.8 Å². The average Bonchev–Trinajstić information content (AvgIpc) is 2.08. The van der Waals surface area contributed by atoms with Crippen molar-refractivity contribution >= 4 is 11.9 Å². The van der Waals surface area contributed by atoms with Crippen molar-refractivity contribution in [3.05, 3.63) is 12.7 Å². The number of carbonyl (C=O) groups is 2. The fourth-order valence-corrected chi connectivity index (χ4v) is 1.57. The van der Waals surface area contributed by atoms with Crippen molar-refractivity contribution < 1.29 is 14.7 Å². The van der Waals surface area contributed by atoms with Crippen LogP contribution in [0.25, 0.3) is 0 Å². The molecule has 5 heteroatoms. The summed E-state index contributed by atoms with van der Waals surface area (Å²) in [7, 11) is 0. The molecule has 15 heavy (non-hydrogen) atoms. The second-order valence-corrected chi connectivity index (χ2v) is 4.08. The molecule has 1 saturated heterocycles. The number of carboxylic acid groups (broad SMARTS) is 1. The van der Waals surface area contributed by atoms with E-state index >= 15 is 0 Å². The Balaban J connectivity index is 2.65. The highest BCUT2D eigenvalue weighted by Gasteiger charge is 2.51. The molecule has 2 N–H and O–H groups in total. The van der Waals surface area contributed by atoms with Crippen LogP contribution in [-0.4, -0.2) is 46.6 Å². The van der Waals surface area contributed by atoms with E-state index in [0.717, 1.165) is 6.08 Å². The zero-order valence-electron chi connectivity index (χ0n) is 8.99. The lowest BCUT2D eigenvalue weighted by atomic mass is 9.88. The topological polar surface area (TPSA) is 69.6 Å². The van der Waals surface area contributed by atoms with Gasteiger partial charge in [-0.15, -0.1) is 0 Å². The van der Waals surface area contributed by atoms with Crippen LogP contribution in [0.15, 0.2) is 12.7 Å². The average molecular weight is 212 g/mol. The van der Waals surface area contributed by atoms with E-state index in [2.05, 4.69) is 11.9 Å². The molecule has 1 rings (SSSR count). The van der Waals surface area contributed by atoms with E-state index in [0.29, 0.717) is 13.1 Å². The van der Waals surface area contributed by atoms with Crippen LogP contribution in [0.4, 0.5) is 0 Å². The molecule has 0 aromatic carbocycles. The van der Waals surface area contributed by atoms with Crippen LogP contribution in [0.1, 0.15) is 13.8 Å². The number of carboxylic acids is 1. The molecular formula is C10H16N2O3. The van der Waals surface area contributed by atoms with E-state index in [9.17, 15) is 9.59 Å². The third-order valence-corrected chi connectivity index (χ3v) is 2.63. The largest absolute Gasteiger partial charge is 0.479 e. The van der Waals surface area contributed by atoms with E-state index in [1.165, 1.54) is 0 Å². The number of amides is 1. The van der Waals surface area contributed by atoms with Crippen molar-refractivity contribution in [3.63, 3.8) is 0 Å². The predicted octanol–water partition coefficient (Wildman–Crippen LogP) is -0.164. The summed E-state index contributed by atoms with van der Waals surface area (Å²) in [5.74, 6) is -1.43. The van der Waals surface area contributed by atoms with Crippen LogP contribution in [-0.2, 0) is 9.59 Å². The summed E-state index contributed by atoms with van der Waals surface area (Å²) in [5, 5.41) is 11.5. The number of carbonyl (C=O) groups excluding carboxylic acids is 1. The Morgan fingerprint density at radius 1 is 1.53 bits per heavy atom. The molecule has 1 amide bonds. The van der Waals surface area contributed by atoms with Crippen LogP contribution in [0.2, 0.25) is 0 Å². The molecule has 0 spiro atoms. The third kappa shape index (κ3) is 2.18. The number of hydrogen-bond donors (Lipinski definition) is 2.